The van der Waals surface area contributed by atoms with Crippen LogP contribution in [0, 0.1) is 3.57 Å². The minimum absolute atomic E-state index is 0.0356. The molecule has 0 aliphatic carbocycles. The maximum absolute atomic E-state index is 13.0. The standard InChI is InChI=1S/C17H13F3INO3/c18-17(19,20)13-7-2-1-6-12(13)15(23)22-14(16(24)25)9-10-4-3-5-11(21)8-10/h1-8,14H,9H2,(H,22,23)(H,24,25)/t14-/m1/s1. The summed E-state index contributed by atoms with van der Waals surface area (Å²) < 4.78 is 39.9. The van der Waals surface area contributed by atoms with E-state index in [1.54, 1.807) is 18.2 Å². The Kier molecular flexibility index (Phi) is 6.04. The fourth-order valence-corrected chi connectivity index (χ4v) is 2.87. The van der Waals surface area contributed by atoms with E-state index in [1.165, 1.54) is 12.1 Å². The number of aliphatic carboxylic acids is 1. The molecule has 0 saturated heterocycles. The molecule has 4 nitrogen and oxygen atoms in total. The molecular formula is C17H13F3INO3. The number of hydrogen-bond donors (Lipinski definition) is 2. The van der Waals surface area contributed by atoms with Gasteiger partial charge in [0.25, 0.3) is 5.91 Å². The molecule has 0 aliphatic rings. The lowest BCUT2D eigenvalue weighted by Gasteiger charge is -2.17. The van der Waals surface area contributed by atoms with E-state index in [0.717, 1.165) is 15.7 Å². The summed E-state index contributed by atoms with van der Waals surface area (Å²) in [5, 5.41) is 11.5. The van der Waals surface area contributed by atoms with Crippen LogP contribution in [0.1, 0.15) is 21.5 Å². The smallest absolute Gasteiger partial charge is 0.417 e. The number of rotatable bonds is 5. The first-order valence-corrected chi connectivity index (χ1v) is 8.20. The Bertz CT molecular complexity index is 793. The van der Waals surface area contributed by atoms with Crippen LogP contribution in [-0.2, 0) is 17.4 Å². The van der Waals surface area contributed by atoms with Gasteiger partial charge in [0, 0.05) is 9.99 Å². The maximum atomic E-state index is 13.0. The molecule has 0 unspecified atom stereocenters. The highest BCUT2D eigenvalue weighted by Gasteiger charge is 2.35. The van der Waals surface area contributed by atoms with Gasteiger partial charge >= 0.3 is 12.1 Å². The first-order chi connectivity index (χ1) is 11.7. The van der Waals surface area contributed by atoms with Crippen molar-refractivity contribution in [1.82, 2.24) is 5.32 Å². The lowest BCUT2D eigenvalue weighted by atomic mass is 10.0. The summed E-state index contributed by atoms with van der Waals surface area (Å²) in [5.41, 5.74) is -1.06. The van der Waals surface area contributed by atoms with E-state index in [2.05, 4.69) is 27.9 Å². The third-order valence-electron chi connectivity index (χ3n) is 3.41. The number of nitrogens with one attached hydrogen (secondary N) is 1. The van der Waals surface area contributed by atoms with E-state index in [9.17, 15) is 27.9 Å². The Hall–Kier alpha value is -2.10. The molecule has 0 saturated carbocycles. The van der Waals surface area contributed by atoms with Crippen LogP contribution in [0.4, 0.5) is 13.2 Å². The fraction of sp³-hybridized carbons (Fsp3) is 0.176. The molecule has 1 amide bonds. The van der Waals surface area contributed by atoms with Gasteiger partial charge in [-0.25, -0.2) is 4.79 Å². The highest BCUT2D eigenvalue weighted by Crippen LogP contribution is 2.31. The number of hydrogen-bond acceptors (Lipinski definition) is 2. The zero-order chi connectivity index (χ0) is 18.6. The highest BCUT2D eigenvalue weighted by molar-refractivity contribution is 14.1. The van der Waals surface area contributed by atoms with Gasteiger partial charge in [-0.1, -0.05) is 24.3 Å². The predicted molar refractivity (Wildman–Crippen MR) is 93.2 cm³/mol. The molecule has 2 aromatic carbocycles. The average molecular weight is 463 g/mol. The van der Waals surface area contributed by atoms with Gasteiger partial charge in [-0.05, 0) is 52.4 Å². The predicted octanol–water partition coefficient (Wildman–Crippen LogP) is 3.74. The van der Waals surface area contributed by atoms with Crippen molar-refractivity contribution >= 4 is 34.5 Å². The second kappa shape index (κ2) is 7.85. The summed E-state index contributed by atoms with van der Waals surface area (Å²) in [6.45, 7) is 0. The normalized spacial score (nSPS) is 12.5. The van der Waals surface area contributed by atoms with Gasteiger partial charge in [0.15, 0.2) is 0 Å². The summed E-state index contributed by atoms with van der Waals surface area (Å²) in [4.78, 5) is 23.6. The number of carbonyl (C=O) groups is 2. The molecule has 0 bridgehead atoms. The Morgan fingerprint density at radius 3 is 2.40 bits per heavy atom. The summed E-state index contributed by atoms with van der Waals surface area (Å²) in [6, 6.07) is 9.90. The minimum atomic E-state index is -4.71. The average Bonchev–Trinajstić information content (AvgIpc) is 2.53. The molecule has 0 spiro atoms. The van der Waals surface area contributed by atoms with Gasteiger partial charge in [-0.3, -0.25) is 4.79 Å². The highest BCUT2D eigenvalue weighted by atomic mass is 127. The number of alkyl halides is 3. The number of halogens is 4. The molecule has 0 radical (unpaired) electrons. The molecule has 0 aliphatic heterocycles. The molecule has 0 heterocycles. The Labute approximate surface area is 155 Å². The fourth-order valence-electron chi connectivity index (χ4n) is 2.26. The van der Waals surface area contributed by atoms with E-state index < -0.39 is 35.2 Å². The van der Waals surface area contributed by atoms with Crippen molar-refractivity contribution in [2.24, 2.45) is 0 Å². The number of benzene rings is 2. The molecule has 132 valence electrons. The van der Waals surface area contributed by atoms with Crippen molar-refractivity contribution in [2.45, 2.75) is 18.6 Å². The Morgan fingerprint density at radius 1 is 1.12 bits per heavy atom. The zero-order valence-corrected chi connectivity index (χ0v) is 14.8. The van der Waals surface area contributed by atoms with Crippen molar-refractivity contribution in [3.05, 3.63) is 68.8 Å². The van der Waals surface area contributed by atoms with Gasteiger partial charge < -0.3 is 10.4 Å². The van der Waals surface area contributed by atoms with E-state index in [0.29, 0.717) is 5.56 Å². The van der Waals surface area contributed by atoms with Gasteiger partial charge in [-0.15, -0.1) is 0 Å². The van der Waals surface area contributed by atoms with Crippen molar-refractivity contribution in [3.63, 3.8) is 0 Å². The van der Waals surface area contributed by atoms with Crippen molar-refractivity contribution in [1.29, 1.82) is 0 Å². The van der Waals surface area contributed by atoms with Crippen LogP contribution in [0.2, 0.25) is 0 Å². The lowest BCUT2D eigenvalue weighted by Crippen LogP contribution is -2.42. The molecule has 2 rings (SSSR count). The molecule has 0 aromatic heterocycles. The SMILES string of the molecule is O=C(N[C@H](Cc1cccc(I)c1)C(=O)O)c1ccccc1C(F)(F)F. The molecule has 0 fully saturated rings. The largest absolute Gasteiger partial charge is 0.480 e. The minimum Gasteiger partial charge on any atom is -0.480 e. The summed E-state index contributed by atoms with van der Waals surface area (Å²) in [6.07, 6.45) is -4.74. The third-order valence-corrected chi connectivity index (χ3v) is 4.08. The zero-order valence-electron chi connectivity index (χ0n) is 12.7. The molecule has 1 atom stereocenters. The van der Waals surface area contributed by atoms with Crippen LogP contribution in [0.5, 0.6) is 0 Å². The van der Waals surface area contributed by atoms with Gasteiger partial charge in [0.1, 0.15) is 6.04 Å². The van der Waals surface area contributed by atoms with Crippen molar-refractivity contribution in [3.8, 4) is 0 Å². The molecule has 25 heavy (non-hydrogen) atoms. The van der Waals surface area contributed by atoms with E-state index in [1.807, 2.05) is 6.07 Å². The molecular weight excluding hydrogens is 450 g/mol. The Morgan fingerprint density at radius 2 is 1.80 bits per heavy atom. The monoisotopic (exact) mass is 463 g/mol. The van der Waals surface area contributed by atoms with E-state index >= 15 is 0 Å². The van der Waals surface area contributed by atoms with Crippen LogP contribution >= 0.6 is 22.6 Å². The topological polar surface area (TPSA) is 66.4 Å². The number of carbonyl (C=O) groups excluding carboxylic acids is 1. The summed E-state index contributed by atoms with van der Waals surface area (Å²) in [5.74, 6) is -2.40. The van der Waals surface area contributed by atoms with Crippen LogP contribution in [0.3, 0.4) is 0 Å². The van der Waals surface area contributed by atoms with Crippen LogP contribution in [-0.4, -0.2) is 23.0 Å². The van der Waals surface area contributed by atoms with Gasteiger partial charge in [0.2, 0.25) is 0 Å². The van der Waals surface area contributed by atoms with Gasteiger partial charge in [-0.2, -0.15) is 13.2 Å². The quantitative estimate of drug-likeness (QED) is 0.665. The number of carboxylic acid groups (broad SMARTS) is 1. The molecule has 2 N–H and O–H groups in total. The Balaban J connectivity index is 2.23. The van der Waals surface area contributed by atoms with Crippen LogP contribution in [0.25, 0.3) is 0 Å². The first kappa shape index (κ1) is 19.2. The first-order valence-electron chi connectivity index (χ1n) is 7.13. The van der Waals surface area contributed by atoms with Crippen LogP contribution < -0.4 is 5.32 Å². The lowest BCUT2D eigenvalue weighted by molar-refractivity contribution is -0.139. The maximum Gasteiger partial charge on any atom is 0.417 e. The van der Waals surface area contributed by atoms with E-state index in [4.69, 9.17) is 0 Å². The number of amides is 1. The van der Waals surface area contributed by atoms with Gasteiger partial charge in [0.05, 0.1) is 11.1 Å². The molecule has 2 aromatic rings. The summed E-state index contributed by atoms with van der Waals surface area (Å²) >= 11 is 2.06. The third kappa shape index (κ3) is 5.18. The molecule has 8 heteroatoms. The second-order valence-corrected chi connectivity index (χ2v) is 6.49. The van der Waals surface area contributed by atoms with Crippen LogP contribution in [0.15, 0.2) is 48.5 Å². The van der Waals surface area contributed by atoms with E-state index in [-0.39, 0.29) is 6.42 Å². The summed E-state index contributed by atoms with van der Waals surface area (Å²) in [7, 11) is 0. The van der Waals surface area contributed by atoms with Crippen molar-refractivity contribution in [2.75, 3.05) is 0 Å². The van der Waals surface area contributed by atoms with Crippen molar-refractivity contribution < 1.29 is 27.9 Å². The number of carboxylic acids is 1. The second-order valence-electron chi connectivity index (χ2n) is 5.24.